The summed E-state index contributed by atoms with van der Waals surface area (Å²) in [6, 6.07) is 0. The minimum atomic E-state index is 0.608. The summed E-state index contributed by atoms with van der Waals surface area (Å²) in [6.07, 6.45) is 0. The summed E-state index contributed by atoms with van der Waals surface area (Å²) >= 11 is 2.15. The molecule has 0 saturated carbocycles. The maximum Gasteiger partial charge on any atom is 0.0347 e. The summed E-state index contributed by atoms with van der Waals surface area (Å²) in [5, 5.41) is 3.26. The van der Waals surface area contributed by atoms with Gasteiger partial charge in [-0.1, -0.05) is 27.7 Å². The first kappa shape index (κ1) is 6.04. The summed E-state index contributed by atoms with van der Waals surface area (Å²) in [5.74, 6) is 0. The molecule has 0 unspecified atom stereocenters. The average molecular weight is 197 g/mol. The van der Waals surface area contributed by atoms with Crippen molar-refractivity contribution in [2.75, 3.05) is 11.0 Å². The van der Waals surface area contributed by atoms with Crippen molar-refractivity contribution in [3.63, 3.8) is 0 Å². The van der Waals surface area contributed by atoms with Gasteiger partial charge < -0.3 is 0 Å². The zero-order valence-electron chi connectivity index (χ0n) is 3.13. The van der Waals surface area contributed by atoms with E-state index in [2.05, 4.69) is 32.6 Å². The lowest BCUT2D eigenvalue weighted by Gasteiger charge is -1.69. The molecule has 0 fully saturated rings. The molecule has 0 aromatic rings. The lowest BCUT2D eigenvalue weighted by molar-refractivity contribution is 1.14. The highest BCUT2D eigenvalue weighted by molar-refractivity contribution is 14.1. The van der Waals surface area contributed by atoms with E-state index in [1.54, 1.807) is 0 Å². The van der Waals surface area contributed by atoms with E-state index < -0.39 is 0 Å². The molecule has 0 aromatic carbocycles. The van der Waals surface area contributed by atoms with E-state index in [0.29, 0.717) is 6.54 Å². The predicted molar refractivity (Wildman–Crippen MR) is 32.9 cm³/mol. The molecule has 0 amide bonds. The van der Waals surface area contributed by atoms with Gasteiger partial charge in [0.25, 0.3) is 0 Å². The fraction of sp³-hybridized carbons (Fsp3) is 1.00. The maximum absolute atomic E-state index is 7.65. The lowest BCUT2D eigenvalue weighted by atomic mass is 10.8. The Morgan fingerprint density at radius 3 is 2.67 bits per heavy atom. The van der Waals surface area contributed by atoms with Crippen molar-refractivity contribution in [2.45, 2.75) is 0 Å². The molecular weight excluding hydrogens is 193 g/mol. The van der Waals surface area contributed by atoms with Crippen molar-refractivity contribution in [3.05, 3.63) is 10.4 Å². The molecule has 0 aromatic heterocycles. The molecule has 0 bridgehead atoms. The Hall–Kier alpha value is 0.0400. The van der Waals surface area contributed by atoms with Crippen LogP contribution in [0.2, 0.25) is 0 Å². The van der Waals surface area contributed by atoms with Gasteiger partial charge in [0.15, 0.2) is 0 Å². The van der Waals surface area contributed by atoms with Crippen LogP contribution in [0.3, 0.4) is 0 Å². The molecule has 0 aliphatic rings. The van der Waals surface area contributed by atoms with Crippen LogP contribution in [-0.2, 0) is 0 Å². The van der Waals surface area contributed by atoms with Crippen LogP contribution in [0.4, 0.5) is 0 Å². The largest absolute Gasteiger partial charge is 0.0932 e. The van der Waals surface area contributed by atoms with E-state index in [-0.39, 0.29) is 0 Å². The van der Waals surface area contributed by atoms with Gasteiger partial charge in [-0.2, -0.15) is 0 Å². The lowest BCUT2D eigenvalue weighted by Crippen LogP contribution is -1.71. The SMILES string of the molecule is [N-]=[N+]=NCCI. The van der Waals surface area contributed by atoms with E-state index in [1.807, 2.05) is 0 Å². The second-order valence-corrected chi connectivity index (χ2v) is 1.72. The fourth-order valence-corrected chi connectivity index (χ4v) is 0.298. The Balaban J connectivity index is 2.86. The fourth-order valence-electron chi connectivity index (χ4n) is 0.0825. The first-order valence-corrected chi connectivity index (χ1v) is 3.01. The third kappa shape index (κ3) is 4.04. The van der Waals surface area contributed by atoms with Gasteiger partial charge in [0, 0.05) is 15.9 Å². The highest BCUT2D eigenvalue weighted by Gasteiger charge is 1.67. The minimum Gasteiger partial charge on any atom is -0.0932 e. The topological polar surface area (TPSA) is 48.8 Å². The summed E-state index contributed by atoms with van der Waals surface area (Å²) in [7, 11) is 0. The number of hydrogen-bond donors (Lipinski definition) is 0. The van der Waals surface area contributed by atoms with Gasteiger partial charge in [-0.15, -0.1) is 0 Å². The molecule has 0 saturated heterocycles. The van der Waals surface area contributed by atoms with Crippen LogP contribution >= 0.6 is 22.6 Å². The summed E-state index contributed by atoms with van der Waals surface area (Å²) < 4.78 is 0.905. The highest BCUT2D eigenvalue weighted by atomic mass is 127. The first-order valence-electron chi connectivity index (χ1n) is 1.48. The quantitative estimate of drug-likeness (QED) is 0.213. The van der Waals surface area contributed by atoms with Gasteiger partial charge in [0.1, 0.15) is 0 Å². The zero-order chi connectivity index (χ0) is 4.83. The smallest absolute Gasteiger partial charge is 0.0347 e. The second kappa shape index (κ2) is 5.04. The summed E-state index contributed by atoms with van der Waals surface area (Å²) in [4.78, 5) is 2.55. The Morgan fingerprint density at radius 2 is 2.50 bits per heavy atom. The van der Waals surface area contributed by atoms with Gasteiger partial charge in [0.05, 0.1) is 0 Å². The third-order valence-corrected chi connectivity index (χ3v) is 0.730. The molecule has 6 heavy (non-hydrogen) atoms. The van der Waals surface area contributed by atoms with Gasteiger partial charge in [-0.25, -0.2) is 0 Å². The number of nitrogens with zero attached hydrogens (tertiary/aromatic N) is 3. The molecule has 0 rings (SSSR count). The molecule has 3 nitrogen and oxygen atoms in total. The molecule has 34 valence electrons. The van der Waals surface area contributed by atoms with E-state index >= 15 is 0 Å². The zero-order valence-corrected chi connectivity index (χ0v) is 5.29. The number of hydrogen-bond acceptors (Lipinski definition) is 1. The molecule has 0 N–H and O–H groups in total. The Morgan fingerprint density at radius 1 is 1.83 bits per heavy atom. The van der Waals surface area contributed by atoms with Crippen molar-refractivity contribution in [3.8, 4) is 0 Å². The monoisotopic (exact) mass is 197 g/mol. The van der Waals surface area contributed by atoms with E-state index in [0.717, 1.165) is 4.43 Å². The number of azide groups is 1. The predicted octanol–water partition coefficient (Wildman–Crippen LogP) is 1.73. The second-order valence-electron chi connectivity index (χ2n) is 0.643. The van der Waals surface area contributed by atoms with Gasteiger partial charge >= 0.3 is 0 Å². The summed E-state index contributed by atoms with van der Waals surface area (Å²) in [5.41, 5.74) is 7.65. The number of rotatable bonds is 2. The maximum atomic E-state index is 7.65. The van der Waals surface area contributed by atoms with Crippen LogP contribution in [0.1, 0.15) is 0 Å². The first-order chi connectivity index (χ1) is 2.91. The van der Waals surface area contributed by atoms with E-state index in [9.17, 15) is 0 Å². The number of alkyl halides is 1. The third-order valence-electron chi connectivity index (χ3n) is 0.248. The van der Waals surface area contributed by atoms with Crippen LogP contribution < -0.4 is 0 Å². The molecular formula is C2H4IN3. The molecule has 4 heteroatoms. The van der Waals surface area contributed by atoms with Gasteiger partial charge in [0.2, 0.25) is 0 Å². The molecule has 0 aliphatic carbocycles. The molecule has 0 aliphatic heterocycles. The van der Waals surface area contributed by atoms with Crippen molar-refractivity contribution >= 4 is 22.6 Å². The molecule has 0 atom stereocenters. The average Bonchev–Trinajstić information content (AvgIpc) is 1.61. The molecule has 0 radical (unpaired) electrons. The van der Waals surface area contributed by atoms with E-state index in [4.69, 9.17) is 5.53 Å². The van der Waals surface area contributed by atoms with Crippen molar-refractivity contribution in [2.24, 2.45) is 5.11 Å². The van der Waals surface area contributed by atoms with Crippen molar-refractivity contribution in [1.29, 1.82) is 0 Å². The number of halogens is 1. The van der Waals surface area contributed by atoms with Gasteiger partial charge in [-0.05, 0) is 5.53 Å². The van der Waals surface area contributed by atoms with Crippen LogP contribution in [0.25, 0.3) is 10.4 Å². The van der Waals surface area contributed by atoms with Gasteiger partial charge in [-0.3, -0.25) is 0 Å². The van der Waals surface area contributed by atoms with Crippen LogP contribution in [0.5, 0.6) is 0 Å². The normalized spacial score (nSPS) is 6.83. The Bertz CT molecular complexity index is 65.2. The van der Waals surface area contributed by atoms with Crippen molar-refractivity contribution < 1.29 is 0 Å². The van der Waals surface area contributed by atoms with Crippen LogP contribution in [-0.4, -0.2) is 11.0 Å². The standard InChI is InChI=1S/C2H4IN3/c3-1-2-5-6-4/h1-2H2. The van der Waals surface area contributed by atoms with Crippen molar-refractivity contribution in [1.82, 2.24) is 0 Å². The Kier molecular flexibility index (Phi) is 5.07. The molecule has 0 spiro atoms. The highest BCUT2D eigenvalue weighted by Crippen LogP contribution is 1.79. The van der Waals surface area contributed by atoms with Crippen LogP contribution in [0.15, 0.2) is 5.11 Å². The molecule has 0 heterocycles. The van der Waals surface area contributed by atoms with Crippen LogP contribution in [0, 0.1) is 0 Å². The minimum absolute atomic E-state index is 0.608. The Labute approximate surface area is 49.5 Å². The summed E-state index contributed by atoms with van der Waals surface area (Å²) in [6.45, 7) is 0.608. The van der Waals surface area contributed by atoms with E-state index in [1.165, 1.54) is 0 Å².